The van der Waals surface area contributed by atoms with Gasteiger partial charge in [0.1, 0.15) is 6.10 Å². The molecule has 0 aliphatic heterocycles. The second-order valence-electron chi connectivity index (χ2n) is 6.54. The van der Waals surface area contributed by atoms with Crippen molar-refractivity contribution < 1.29 is 53.7 Å². The molecule has 202 valence electrons. The number of ketones is 1. The molecular weight excluding hydrogens is 452 g/mol. The summed E-state index contributed by atoms with van der Waals surface area (Å²) in [6.07, 6.45) is 1.53. The largest absolute Gasteiger partial charge is 0.464 e. The van der Waals surface area contributed by atoms with E-state index in [0.717, 1.165) is 0 Å². The van der Waals surface area contributed by atoms with Gasteiger partial charge in [-0.1, -0.05) is 0 Å². The highest BCUT2D eigenvalue weighted by molar-refractivity contribution is 5.80. The van der Waals surface area contributed by atoms with Crippen LogP contribution in [-0.2, 0) is 33.3 Å². The molecule has 0 amide bonds. The highest BCUT2D eigenvalue weighted by Gasteiger charge is 2.28. The van der Waals surface area contributed by atoms with E-state index in [1.165, 1.54) is 6.92 Å². The van der Waals surface area contributed by atoms with Gasteiger partial charge in [-0.3, -0.25) is 4.79 Å². The number of hydrogen-bond acceptors (Lipinski definition) is 11. The molecule has 0 unspecified atom stereocenters. The van der Waals surface area contributed by atoms with Gasteiger partial charge in [0.25, 0.3) is 0 Å². The maximum atomic E-state index is 11.2. The minimum absolute atomic E-state index is 0.0155. The second kappa shape index (κ2) is 24.5. The van der Waals surface area contributed by atoms with Gasteiger partial charge in [0.05, 0.1) is 18.8 Å². The van der Waals surface area contributed by atoms with Crippen LogP contribution >= 0.6 is 0 Å². The van der Waals surface area contributed by atoms with Gasteiger partial charge in [0, 0.05) is 39.3 Å². The zero-order valence-electron chi connectivity index (χ0n) is 21.2. The standard InChI is InChI=1S/C11H22O6.C10H20O5.C2H2/c1-4-15-9(16-5-2)7-8(12)10(13)11(14)17-6-3;1-4-14-9(15-5-2)6-8(12)10(13)7(3)11;1-2/h8-10,12-13H,4-7H2,1-3H3;8-10,12-13H,4-6H2,1-3H3;1-2H/t8-,10-;8-,10+;/m11./s1. The third-order valence-corrected chi connectivity index (χ3v) is 3.95. The number of esters is 1. The van der Waals surface area contributed by atoms with Crippen molar-refractivity contribution in [3.8, 4) is 12.8 Å². The molecule has 0 aromatic heterocycles. The summed E-state index contributed by atoms with van der Waals surface area (Å²) in [5.41, 5.74) is 0. The lowest BCUT2D eigenvalue weighted by molar-refractivity contribution is -0.175. The normalized spacial score (nSPS) is 14.2. The first-order chi connectivity index (χ1) is 16.1. The van der Waals surface area contributed by atoms with Gasteiger partial charge < -0.3 is 44.1 Å². The van der Waals surface area contributed by atoms with E-state index in [4.69, 9.17) is 18.9 Å². The van der Waals surface area contributed by atoms with E-state index >= 15 is 0 Å². The quantitative estimate of drug-likeness (QED) is 0.125. The molecule has 0 aliphatic carbocycles. The molecule has 0 rings (SSSR count). The molecule has 0 saturated heterocycles. The number of ether oxygens (including phenoxy) is 5. The van der Waals surface area contributed by atoms with E-state index < -0.39 is 48.7 Å². The summed E-state index contributed by atoms with van der Waals surface area (Å²) in [6, 6.07) is 0. The minimum atomic E-state index is -1.57. The Kier molecular flexibility index (Phi) is 26.6. The van der Waals surface area contributed by atoms with Crippen LogP contribution < -0.4 is 0 Å². The lowest BCUT2D eigenvalue weighted by Crippen LogP contribution is -2.38. The van der Waals surface area contributed by atoms with Gasteiger partial charge in [0.15, 0.2) is 24.5 Å². The third kappa shape index (κ3) is 18.8. The maximum Gasteiger partial charge on any atom is 0.337 e. The molecule has 11 nitrogen and oxygen atoms in total. The van der Waals surface area contributed by atoms with Crippen molar-refractivity contribution in [2.75, 3.05) is 33.0 Å². The van der Waals surface area contributed by atoms with Crippen molar-refractivity contribution in [1.29, 1.82) is 0 Å². The average Bonchev–Trinajstić information content (AvgIpc) is 2.80. The van der Waals surface area contributed by atoms with E-state index in [0.29, 0.717) is 26.4 Å². The van der Waals surface area contributed by atoms with Gasteiger partial charge in [-0.05, 0) is 41.5 Å². The molecule has 0 radical (unpaired) electrons. The Labute approximate surface area is 203 Å². The van der Waals surface area contributed by atoms with Crippen molar-refractivity contribution in [2.24, 2.45) is 0 Å². The fraction of sp³-hybridized carbons (Fsp3) is 0.826. The predicted molar refractivity (Wildman–Crippen MR) is 125 cm³/mol. The van der Waals surface area contributed by atoms with Crippen molar-refractivity contribution in [3.05, 3.63) is 0 Å². The monoisotopic (exact) mass is 496 g/mol. The SMILES string of the molecule is C#C.CCOC(=O)[C@H](O)[C@H](O)CC(OCC)OCC.CCOC(C[C@@H](O)[C@@H](O)C(C)=O)OCC. The zero-order valence-corrected chi connectivity index (χ0v) is 21.2. The number of carbonyl (C=O) groups excluding carboxylic acids is 2. The molecule has 0 aliphatic rings. The van der Waals surface area contributed by atoms with Crippen molar-refractivity contribution in [3.63, 3.8) is 0 Å². The molecule has 0 heterocycles. The Hall–Kier alpha value is -1.62. The van der Waals surface area contributed by atoms with E-state index in [-0.39, 0.29) is 19.4 Å². The van der Waals surface area contributed by atoms with Crippen molar-refractivity contribution in [2.45, 2.75) is 91.4 Å². The summed E-state index contributed by atoms with van der Waals surface area (Å²) in [5, 5.41) is 37.8. The van der Waals surface area contributed by atoms with Crippen LogP contribution in [0.4, 0.5) is 0 Å². The average molecular weight is 497 g/mol. The van der Waals surface area contributed by atoms with Gasteiger partial charge in [0.2, 0.25) is 0 Å². The van der Waals surface area contributed by atoms with Crippen LogP contribution in [0.25, 0.3) is 0 Å². The van der Waals surface area contributed by atoms with Crippen LogP contribution in [0.2, 0.25) is 0 Å². The molecule has 34 heavy (non-hydrogen) atoms. The first kappa shape index (κ1) is 36.9. The second-order valence-corrected chi connectivity index (χ2v) is 6.54. The number of aliphatic hydroxyl groups excluding tert-OH is 4. The van der Waals surface area contributed by atoms with Crippen molar-refractivity contribution in [1.82, 2.24) is 0 Å². The van der Waals surface area contributed by atoms with Gasteiger partial charge in [-0.25, -0.2) is 4.79 Å². The molecule has 0 saturated carbocycles. The maximum absolute atomic E-state index is 11.2. The first-order valence-electron chi connectivity index (χ1n) is 11.3. The Morgan fingerprint density at radius 1 is 0.647 bits per heavy atom. The highest BCUT2D eigenvalue weighted by Crippen LogP contribution is 2.10. The molecule has 0 bridgehead atoms. The summed E-state index contributed by atoms with van der Waals surface area (Å²) in [7, 11) is 0. The van der Waals surface area contributed by atoms with Crippen LogP contribution in [0.3, 0.4) is 0 Å². The minimum Gasteiger partial charge on any atom is -0.464 e. The Bertz CT molecular complexity index is 500. The third-order valence-electron chi connectivity index (χ3n) is 3.95. The van der Waals surface area contributed by atoms with Crippen LogP contribution in [0.1, 0.15) is 54.4 Å². The molecule has 0 fully saturated rings. The van der Waals surface area contributed by atoms with Crippen LogP contribution in [0.5, 0.6) is 0 Å². The van der Waals surface area contributed by atoms with Gasteiger partial charge >= 0.3 is 5.97 Å². The summed E-state index contributed by atoms with van der Waals surface area (Å²) >= 11 is 0. The first-order valence-corrected chi connectivity index (χ1v) is 11.3. The fourth-order valence-electron chi connectivity index (χ4n) is 2.42. The molecule has 4 N–H and O–H groups in total. The lowest BCUT2D eigenvalue weighted by Gasteiger charge is -2.22. The smallest absolute Gasteiger partial charge is 0.337 e. The summed E-state index contributed by atoms with van der Waals surface area (Å²) in [4.78, 5) is 22.0. The zero-order chi connectivity index (χ0) is 27.1. The van der Waals surface area contributed by atoms with Crippen LogP contribution in [0, 0.1) is 12.8 Å². The fourth-order valence-corrected chi connectivity index (χ4v) is 2.42. The van der Waals surface area contributed by atoms with E-state index in [1.807, 2.05) is 0 Å². The molecule has 4 atom stereocenters. The van der Waals surface area contributed by atoms with Crippen LogP contribution in [0.15, 0.2) is 0 Å². The van der Waals surface area contributed by atoms with Crippen LogP contribution in [-0.4, -0.2) is 102 Å². The number of carbonyl (C=O) groups is 2. The van der Waals surface area contributed by atoms with E-state index in [2.05, 4.69) is 17.6 Å². The van der Waals surface area contributed by atoms with Crippen molar-refractivity contribution >= 4 is 11.8 Å². The molecule has 0 spiro atoms. The highest BCUT2D eigenvalue weighted by atomic mass is 16.7. The predicted octanol–water partition coefficient (Wildman–Crippen LogP) is 0.396. The number of terminal acetylenes is 1. The number of Topliss-reactive ketones (excluding diaryl/α,β-unsaturated/α-hetero) is 1. The molecule has 0 aromatic rings. The number of aliphatic hydroxyl groups is 4. The topological polar surface area (TPSA) is 161 Å². The van der Waals surface area contributed by atoms with Gasteiger partial charge in [-0.2, -0.15) is 0 Å². The molecule has 11 heteroatoms. The Balaban J connectivity index is -0.000000530. The van der Waals surface area contributed by atoms with E-state index in [9.17, 15) is 30.0 Å². The Morgan fingerprint density at radius 3 is 1.24 bits per heavy atom. The summed E-state index contributed by atoms with van der Waals surface area (Å²) in [6.45, 7) is 12.0. The van der Waals surface area contributed by atoms with E-state index in [1.54, 1.807) is 34.6 Å². The molecular formula is C23H44O11. The summed E-state index contributed by atoms with van der Waals surface area (Å²) in [5.74, 6) is -1.30. The lowest BCUT2D eigenvalue weighted by atomic mass is 10.1. The Morgan fingerprint density at radius 2 is 0.971 bits per heavy atom. The van der Waals surface area contributed by atoms with Gasteiger partial charge in [-0.15, -0.1) is 12.8 Å². The number of rotatable bonds is 17. The summed E-state index contributed by atoms with van der Waals surface area (Å²) < 4.78 is 25.3. The number of hydrogen-bond donors (Lipinski definition) is 4. The molecule has 0 aromatic carbocycles.